The number of nitrogens with zero attached hydrogens (tertiary/aromatic N) is 2. The Hall–Kier alpha value is -4.61. The maximum atomic E-state index is 13.0. The average Bonchev–Trinajstić information content (AvgIpc) is 2.94. The lowest BCUT2D eigenvalue weighted by Gasteiger charge is -2.16. The number of benzene rings is 3. The van der Waals surface area contributed by atoms with Crippen molar-refractivity contribution in [1.82, 2.24) is 4.98 Å². The zero-order valence-electron chi connectivity index (χ0n) is 21.2. The third kappa shape index (κ3) is 6.38. The molecule has 0 radical (unpaired) electrons. The van der Waals surface area contributed by atoms with Crippen molar-refractivity contribution >= 4 is 35.0 Å². The second-order valence-corrected chi connectivity index (χ2v) is 9.78. The molecule has 0 saturated carbocycles. The molecule has 8 heteroatoms. The minimum absolute atomic E-state index is 0.167. The molecule has 38 heavy (non-hydrogen) atoms. The van der Waals surface area contributed by atoms with Crippen molar-refractivity contribution < 1.29 is 14.3 Å². The van der Waals surface area contributed by atoms with Gasteiger partial charge in [-0.05, 0) is 55.0 Å². The second-order valence-electron chi connectivity index (χ2n) is 8.45. The number of aromatic nitrogens is 1. The molecule has 1 unspecified atom stereocenters. The van der Waals surface area contributed by atoms with E-state index < -0.39 is 5.25 Å². The van der Waals surface area contributed by atoms with Crippen molar-refractivity contribution in [2.45, 2.75) is 24.1 Å². The smallest absolute Gasteiger partial charge is 0.237 e. The van der Waals surface area contributed by atoms with Gasteiger partial charge in [-0.2, -0.15) is 5.26 Å². The van der Waals surface area contributed by atoms with Crippen LogP contribution in [0.2, 0.25) is 0 Å². The van der Waals surface area contributed by atoms with Gasteiger partial charge in [0.25, 0.3) is 0 Å². The third-order valence-electron chi connectivity index (χ3n) is 5.70. The van der Waals surface area contributed by atoms with E-state index in [4.69, 9.17) is 9.72 Å². The maximum Gasteiger partial charge on any atom is 0.237 e. The number of amides is 2. The van der Waals surface area contributed by atoms with E-state index in [-0.39, 0.29) is 11.8 Å². The van der Waals surface area contributed by atoms with Gasteiger partial charge in [-0.25, -0.2) is 4.98 Å². The molecule has 1 heterocycles. The normalized spacial score (nSPS) is 11.2. The summed E-state index contributed by atoms with van der Waals surface area (Å²) in [5.74, 6) is 0.318. The van der Waals surface area contributed by atoms with Gasteiger partial charge >= 0.3 is 0 Å². The predicted octanol–water partition coefficient (Wildman–Crippen LogP) is 6.37. The van der Waals surface area contributed by atoms with Gasteiger partial charge in [0.15, 0.2) is 0 Å². The molecule has 4 rings (SSSR count). The largest absolute Gasteiger partial charge is 0.497 e. The number of methoxy groups -OCH3 is 1. The van der Waals surface area contributed by atoms with Crippen molar-refractivity contribution in [2.24, 2.45) is 0 Å². The Bertz CT molecular complexity index is 1480. The van der Waals surface area contributed by atoms with Crippen LogP contribution in [0, 0.1) is 11.3 Å². The van der Waals surface area contributed by atoms with Gasteiger partial charge in [-0.15, -0.1) is 0 Å². The fourth-order valence-corrected chi connectivity index (χ4v) is 4.70. The van der Waals surface area contributed by atoms with Gasteiger partial charge in [0.05, 0.1) is 23.6 Å². The standard InChI is InChI=1S/C30H26N4O3S/c1-19(29(36)33-24-13-11-23(12-14-24)32-20(2)35)38-30-27(18-31)26(21-9-15-25(37-3)16-10-21)17-28(34-30)22-7-5-4-6-8-22/h4-17,19H,1-3H3,(H,32,35)(H,33,36). The Balaban J connectivity index is 1.65. The van der Waals surface area contributed by atoms with Crippen molar-refractivity contribution in [3.63, 3.8) is 0 Å². The summed E-state index contributed by atoms with van der Waals surface area (Å²) < 4.78 is 5.29. The third-order valence-corrected chi connectivity index (χ3v) is 6.79. The fraction of sp³-hybridized carbons (Fsp3) is 0.133. The summed E-state index contributed by atoms with van der Waals surface area (Å²) in [5, 5.41) is 15.7. The zero-order chi connectivity index (χ0) is 27.1. The van der Waals surface area contributed by atoms with Gasteiger partial charge in [-0.3, -0.25) is 9.59 Å². The first-order chi connectivity index (χ1) is 18.4. The number of carbonyl (C=O) groups is 2. The molecule has 190 valence electrons. The number of hydrogen-bond donors (Lipinski definition) is 2. The van der Waals surface area contributed by atoms with E-state index in [9.17, 15) is 14.9 Å². The highest BCUT2D eigenvalue weighted by Gasteiger charge is 2.21. The van der Waals surface area contributed by atoms with Crippen LogP contribution in [0.15, 0.2) is 90.0 Å². The van der Waals surface area contributed by atoms with Crippen LogP contribution in [0.5, 0.6) is 5.75 Å². The molecule has 0 aliphatic heterocycles. The summed E-state index contributed by atoms with van der Waals surface area (Å²) in [6.45, 7) is 3.21. The van der Waals surface area contributed by atoms with Crippen LogP contribution in [0.3, 0.4) is 0 Å². The number of nitrogens with one attached hydrogen (secondary N) is 2. The molecule has 4 aromatic rings. The summed E-state index contributed by atoms with van der Waals surface area (Å²) >= 11 is 1.23. The fourth-order valence-electron chi connectivity index (χ4n) is 3.78. The number of anilines is 2. The quantitative estimate of drug-likeness (QED) is 0.261. The molecule has 7 nitrogen and oxygen atoms in total. The molecule has 3 aromatic carbocycles. The first kappa shape index (κ1) is 26.5. The number of carbonyl (C=O) groups excluding carboxylic acids is 2. The summed E-state index contributed by atoms with van der Waals surface area (Å²) in [7, 11) is 1.61. The maximum absolute atomic E-state index is 13.0. The van der Waals surface area contributed by atoms with Crippen molar-refractivity contribution in [3.05, 3.63) is 90.5 Å². The number of hydrogen-bond acceptors (Lipinski definition) is 6. The lowest BCUT2D eigenvalue weighted by atomic mass is 9.99. The lowest BCUT2D eigenvalue weighted by molar-refractivity contribution is -0.115. The topological polar surface area (TPSA) is 104 Å². The van der Waals surface area contributed by atoms with E-state index in [1.54, 1.807) is 38.3 Å². The SMILES string of the molecule is COc1ccc(-c2cc(-c3ccccc3)nc(SC(C)C(=O)Nc3ccc(NC(C)=O)cc3)c2C#N)cc1. The van der Waals surface area contributed by atoms with Crippen LogP contribution in [-0.4, -0.2) is 29.2 Å². The van der Waals surface area contributed by atoms with Crippen LogP contribution >= 0.6 is 11.8 Å². The van der Waals surface area contributed by atoms with Gasteiger partial charge in [0.2, 0.25) is 11.8 Å². The van der Waals surface area contributed by atoms with Crippen LogP contribution in [0.25, 0.3) is 22.4 Å². The predicted molar refractivity (Wildman–Crippen MR) is 151 cm³/mol. The highest BCUT2D eigenvalue weighted by Crippen LogP contribution is 2.36. The van der Waals surface area contributed by atoms with Crippen LogP contribution in [0.1, 0.15) is 19.4 Å². The number of pyridine rings is 1. The lowest BCUT2D eigenvalue weighted by Crippen LogP contribution is -2.22. The highest BCUT2D eigenvalue weighted by molar-refractivity contribution is 8.00. The Morgan fingerprint density at radius 3 is 2.13 bits per heavy atom. The van der Waals surface area contributed by atoms with E-state index >= 15 is 0 Å². The van der Waals surface area contributed by atoms with Gasteiger partial charge in [0, 0.05) is 29.4 Å². The molecule has 0 fully saturated rings. The average molecular weight is 523 g/mol. The highest BCUT2D eigenvalue weighted by atomic mass is 32.2. The summed E-state index contributed by atoms with van der Waals surface area (Å²) in [6.07, 6.45) is 0. The van der Waals surface area contributed by atoms with Crippen LogP contribution in [0.4, 0.5) is 11.4 Å². The molecular weight excluding hydrogens is 496 g/mol. The first-order valence-electron chi connectivity index (χ1n) is 11.9. The molecule has 0 spiro atoms. The number of ether oxygens (including phenoxy) is 1. The molecule has 0 saturated heterocycles. The molecule has 0 aliphatic rings. The first-order valence-corrected chi connectivity index (χ1v) is 12.8. The summed E-state index contributed by atoms with van der Waals surface area (Å²) in [5.41, 5.74) is 4.84. The number of nitriles is 1. The van der Waals surface area contributed by atoms with Crippen LogP contribution in [-0.2, 0) is 9.59 Å². The Morgan fingerprint density at radius 2 is 1.55 bits per heavy atom. The minimum Gasteiger partial charge on any atom is -0.497 e. The molecule has 2 N–H and O–H groups in total. The molecular formula is C30H26N4O3S. The van der Waals surface area contributed by atoms with Crippen molar-refractivity contribution in [1.29, 1.82) is 5.26 Å². The molecule has 1 atom stereocenters. The van der Waals surface area contributed by atoms with Crippen LogP contribution < -0.4 is 15.4 Å². The van der Waals surface area contributed by atoms with E-state index in [2.05, 4.69) is 16.7 Å². The minimum atomic E-state index is -0.542. The number of thioether (sulfide) groups is 1. The van der Waals surface area contributed by atoms with Crippen molar-refractivity contribution in [3.8, 4) is 34.2 Å². The molecule has 0 bridgehead atoms. The van der Waals surface area contributed by atoms with E-state index in [0.29, 0.717) is 27.7 Å². The second kappa shape index (κ2) is 12.1. The Kier molecular flexibility index (Phi) is 8.41. The van der Waals surface area contributed by atoms with E-state index in [1.807, 2.05) is 60.7 Å². The molecule has 2 amide bonds. The zero-order valence-corrected chi connectivity index (χ0v) is 22.0. The van der Waals surface area contributed by atoms with E-state index in [1.165, 1.54) is 18.7 Å². The molecule has 0 aliphatic carbocycles. The monoisotopic (exact) mass is 522 g/mol. The summed E-state index contributed by atoms with van der Waals surface area (Å²) in [6, 6.07) is 28.3. The Labute approximate surface area is 225 Å². The summed E-state index contributed by atoms with van der Waals surface area (Å²) in [4.78, 5) is 29.1. The van der Waals surface area contributed by atoms with E-state index in [0.717, 1.165) is 22.4 Å². The Morgan fingerprint density at radius 1 is 0.921 bits per heavy atom. The van der Waals surface area contributed by atoms with Crippen molar-refractivity contribution in [2.75, 3.05) is 17.7 Å². The molecule has 1 aromatic heterocycles. The van der Waals surface area contributed by atoms with Gasteiger partial charge < -0.3 is 15.4 Å². The van der Waals surface area contributed by atoms with Gasteiger partial charge in [0.1, 0.15) is 16.8 Å². The number of rotatable bonds is 8. The van der Waals surface area contributed by atoms with Gasteiger partial charge in [-0.1, -0.05) is 54.2 Å².